The van der Waals surface area contributed by atoms with Crippen molar-refractivity contribution in [2.75, 3.05) is 11.4 Å². The lowest BCUT2D eigenvalue weighted by Gasteiger charge is -2.22. The van der Waals surface area contributed by atoms with E-state index in [1.54, 1.807) is 17.0 Å². The molecular formula is C16H17ClN4O3. The van der Waals surface area contributed by atoms with Gasteiger partial charge in [-0.15, -0.1) is 0 Å². The van der Waals surface area contributed by atoms with E-state index in [-0.39, 0.29) is 11.4 Å². The lowest BCUT2D eigenvalue weighted by atomic mass is 10.1. The topological polar surface area (TPSA) is 81.3 Å². The lowest BCUT2D eigenvalue weighted by molar-refractivity contribution is -0.385. The Hall–Kier alpha value is -2.41. The molecule has 7 nitrogen and oxygen atoms in total. The number of benzene rings is 1. The molecule has 0 fully saturated rings. The van der Waals surface area contributed by atoms with Crippen LogP contribution in [-0.4, -0.2) is 27.2 Å². The fourth-order valence-corrected chi connectivity index (χ4v) is 3.20. The molecule has 0 saturated carbocycles. The summed E-state index contributed by atoms with van der Waals surface area (Å²) in [6.07, 6.45) is 3.79. The molecule has 2 aromatic rings. The van der Waals surface area contributed by atoms with Crippen molar-refractivity contribution in [1.82, 2.24) is 9.78 Å². The molecule has 8 heteroatoms. The number of carbonyl (C=O) groups is 1. The van der Waals surface area contributed by atoms with Crippen molar-refractivity contribution in [2.45, 2.75) is 32.7 Å². The molecule has 1 aromatic carbocycles. The minimum absolute atomic E-state index is 0.130. The smallest absolute Gasteiger partial charge is 0.306 e. The molecule has 126 valence electrons. The summed E-state index contributed by atoms with van der Waals surface area (Å²) >= 11 is 6.27. The first kappa shape index (κ1) is 16.4. The van der Waals surface area contributed by atoms with Crippen molar-refractivity contribution in [3.8, 4) is 0 Å². The Bertz CT molecular complexity index is 803. The van der Waals surface area contributed by atoms with Crippen LogP contribution >= 0.6 is 11.6 Å². The lowest BCUT2D eigenvalue weighted by Crippen LogP contribution is -2.32. The van der Waals surface area contributed by atoms with Crippen LogP contribution in [0.3, 0.4) is 0 Å². The third-order valence-corrected chi connectivity index (χ3v) is 4.51. The van der Waals surface area contributed by atoms with Crippen molar-refractivity contribution >= 4 is 28.9 Å². The van der Waals surface area contributed by atoms with E-state index in [1.165, 1.54) is 10.9 Å². The number of aryl methyl sites for hydroxylation is 1. The van der Waals surface area contributed by atoms with E-state index in [1.807, 2.05) is 13.0 Å². The van der Waals surface area contributed by atoms with E-state index in [2.05, 4.69) is 5.10 Å². The molecule has 1 aliphatic rings. The van der Waals surface area contributed by atoms with Crippen LogP contribution in [0.1, 0.15) is 35.8 Å². The first-order chi connectivity index (χ1) is 11.5. The quantitative estimate of drug-likeness (QED) is 0.628. The standard InChI is InChI=1S/C16H17ClN4O3/c1-2-19-10-14(21(23)24)15(18-19)16(22)20-9-4-3-6-11-12(17)7-5-8-13(11)20/h5,7-8,10H,2-4,6,9H2,1H3. The number of aromatic nitrogens is 2. The molecule has 1 amide bonds. The maximum absolute atomic E-state index is 13.0. The summed E-state index contributed by atoms with van der Waals surface area (Å²) in [6, 6.07) is 5.40. The number of anilines is 1. The molecule has 0 saturated heterocycles. The predicted molar refractivity (Wildman–Crippen MR) is 90.6 cm³/mol. The first-order valence-electron chi connectivity index (χ1n) is 7.84. The van der Waals surface area contributed by atoms with Gasteiger partial charge in [0.25, 0.3) is 5.91 Å². The summed E-state index contributed by atoms with van der Waals surface area (Å²) in [4.78, 5) is 25.2. The summed E-state index contributed by atoms with van der Waals surface area (Å²) in [7, 11) is 0. The van der Waals surface area contributed by atoms with E-state index < -0.39 is 10.8 Å². The number of nitrogens with zero attached hydrogens (tertiary/aromatic N) is 4. The number of rotatable bonds is 3. The average molecular weight is 349 g/mol. The van der Waals surface area contributed by atoms with E-state index in [4.69, 9.17) is 11.6 Å². The first-order valence-corrected chi connectivity index (χ1v) is 8.21. The van der Waals surface area contributed by atoms with Crippen LogP contribution in [0.5, 0.6) is 0 Å². The Kier molecular flexibility index (Phi) is 4.53. The van der Waals surface area contributed by atoms with Crippen LogP contribution in [-0.2, 0) is 13.0 Å². The Morgan fingerprint density at radius 1 is 1.42 bits per heavy atom. The van der Waals surface area contributed by atoms with Crippen molar-refractivity contribution in [3.63, 3.8) is 0 Å². The number of fused-ring (bicyclic) bond motifs is 1. The van der Waals surface area contributed by atoms with E-state index in [0.717, 1.165) is 24.8 Å². The zero-order valence-corrected chi connectivity index (χ0v) is 14.0. The fraction of sp³-hybridized carbons (Fsp3) is 0.375. The Labute approximate surface area is 144 Å². The summed E-state index contributed by atoms with van der Waals surface area (Å²) in [5, 5.41) is 16.0. The van der Waals surface area contributed by atoms with Gasteiger partial charge in [-0.1, -0.05) is 17.7 Å². The van der Waals surface area contributed by atoms with Crippen molar-refractivity contribution in [1.29, 1.82) is 0 Å². The second-order valence-corrected chi connectivity index (χ2v) is 6.03. The second-order valence-electron chi connectivity index (χ2n) is 5.63. The molecule has 0 spiro atoms. The summed E-state index contributed by atoms with van der Waals surface area (Å²) in [5.41, 5.74) is 1.22. The van der Waals surface area contributed by atoms with Crippen LogP contribution in [0.25, 0.3) is 0 Å². The van der Waals surface area contributed by atoms with Gasteiger partial charge in [0, 0.05) is 23.8 Å². The van der Waals surface area contributed by atoms with Gasteiger partial charge in [0.05, 0.1) is 4.92 Å². The highest BCUT2D eigenvalue weighted by Crippen LogP contribution is 2.33. The van der Waals surface area contributed by atoms with E-state index >= 15 is 0 Å². The van der Waals surface area contributed by atoms with Crippen LogP contribution in [0, 0.1) is 10.1 Å². The van der Waals surface area contributed by atoms with Gasteiger partial charge in [0.15, 0.2) is 0 Å². The van der Waals surface area contributed by atoms with Gasteiger partial charge >= 0.3 is 5.69 Å². The third kappa shape index (κ3) is 2.87. The van der Waals surface area contributed by atoms with Gasteiger partial charge in [0.2, 0.25) is 5.69 Å². The molecule has 2 heterocycles. The second kappa shape index (κ2) is 6.60. The van der Waals surface area contributed by atoms with Gasteiger partial charge < -0.3 is 4.90 Å². The molecule has 0 atom stereocenters. The number of halogens is 1. The highest BCUT2D eigenvalue weighted by molar-refractivity contribution is 6.32. The molecule has 0 unspecified atom stereocenters. The van der Waals surface area contributed by atoms with Crippen LogP contribution in [0.15, 0.2) is 24.4 Å². The number of hydrogen-bond acceptors (Lipinski definition) is 4. The van der Waals surface area contributed by atoms with Crippen molar-refractivity contribution in [3.05, 3.63) is 50.8 Å². The van der Waals surface area contributed by atoms with Gasteiger partial charge in [-0.25, -0.2) is 0 Å². The number of hydrogen-bond donors (Lipinski definition) is 0. The van der Waals surface area contributed by atoms with Gasteiger partial charge in [0.1, 0.15) is 6.20 Å². The minimum atomic E-state index is -0.566. The zero-order valence-electron chi connectivity index (χ0n) is 13.2. The van der Waals surface area contributed by atoms with Crippen molar-refractivity contribution < 1.29 is 9.72 Å². The van der Waals surface area contributed by atoms with E-state index in [0.29, 0.717) is 23.8 Å². The molecule has 24 heavy (non-hydrogen) atoms. The van der Waals surface area contributed by atoms with E-state index in [9.17, 15) is 14.9 Å². The van der Waals surface area contributed by atoms with Gasteiger partial charge in [-0.05, 0) is 43.9 Å². The molecule has 0 bridgehead atoms. The van der Waals surface area contributed by atoms with Gasteiger partial charge in [-0.3, -0.25) is 19.6 Å². The maximum atomic E-state index is 13.0. The Morgan fingerprint density at radius 2 is 2.21 bits per heavy atom. The molecule has 0 aliphatic carbocycles. The SMILES string of the molecule is CCn1cc([N+](=O)[O-])c(C(=O)N2CCCCc3c(Cl)cccc32)n1. The maximum Gasteiger partial charge on any atom is 0.320 e. The van der Waals surface area contributed by atoms with Crippen LogP contribution in [0.4, 0.5) is 11.4 Å². The fourth-order valence-electron chi connectivity index (χ4n) is 2.94. The van der Waals surface area contributed by atoms with Crippen molar-refractivity contribution in [2.24, 2.45) is 0 Å². The predicted octanol–water partition coefficient (Wildman–Crippen LogP) is 3.45. The largest absolute Gasteiger partial charge is 0.320 e. The normalized spacial score (nSPS) is 14.2. The highest BCUT2D eigenvalue weighted by Gasteiger charge is 2.31. The molecular weight excluding hydrogens is 332 g/mol. The Morgan fingerprint density at radius 3 is 2.92 bits per heavy atom. The summed E-state index contributed by atoms with van der Waals surface area (Å²) in [5.74, 6) is -0.459. The molecule has 1 aliphatic heterocycles. The zero-order chi connectivity index (χ0) is 17.3. The third-order valence-electron chi connectivity index (χ3n) is 4.15. The molecule has 1 aromatic heterocycles. The van der Waals surface area contributed by atoms with Crippen LogP contribution in [0.2, 0.25) is 5.02 Å². The molecule has 0 radical (unpaired) electrons. The number of amides is 1. The average Bonchev–Trinajstić information content (AvgIpc) is 2.89. The number of nitro groups is 1. The van der Waals surface area contributed by atoms with Crippen LogP contribution < -0.4 is 4.90 Å². The Balaban J connectivity index is 2.07. The molecule has 0 N–H and O–H groups in total. The molecule has 3 rings (SSSR count). The monoisotopic (exact) mass is 348 g/mol. The van der Waals surface area contributed by atoms with Gasteiger partial charge in [-0.2, -0.15) is 5.10 Å². The number of carbonyl (C=O) groups excluding carboxylic acids is 1. The minimum Gasteiger partial charge on any atom is -0.306 e. The summed E-state index contributed by atoms with van der Waals surface area (Å²) < 4.78 is 1.40. The summed E-state index contributed by atoms with van der Waals surface area (Å²) in [6.45, 7) is 2.75. The highest BCUT2D eigenvalue weighted by atomic mass is 35.5.